The fraction of sp³-hybridized carbons (Fsp3) is 0.471. The number of hydrogen-bond acceptors (Lipinski definition) is 7. The number of aliphatic imine (C=N–C) groups is 1. The van der Waals surface area contributed by atoms with E-state index in [1.54, 1.807) is 6.07 Å². The number of benzene rings is 1. The zero-order chi connectivity index (χ0) is 17.5. The van der Waals surface area contributed by atoms with E-state index in [-0.39, 0.29) is 25.9 Å². The Bertz CT molecular complexity index is 597. The predicted octanol–water partition coefficient (Wildman–Crippen LogP) is 0.468. The van der Waals surface area contributed by atoms with Crippen LogP contribution in [-0.4, -0.2) is 60.7 Å². The molecule has 5 N–H and O–H groups in total. The molecule has 2 rings (SSSR count). The molecule has 1 aromatic carbocycles. The van der Waals surface area contributed by atoms with Gasteiger partial charge in [-0.3, -0.25) is 4.99 Å². The molecule has 1 aliphatic heterocycles. The number of aliphatic hydroxyl groups excluding tert-OH is 3. The molecule has 0 bridgehead atoms. The second kappa shape index (κ2) is 8.68. The summed E-state index contributed by atoms with van der Waals surface area (Å²) in [5, 5.41) is 27.3. The van der Waals surface area contributed by atoms with Crippen molar-refractivity contribution >= 4 is 17.3 Å². The summed E-state index contributed by atoms with van der Waals surface area (Å²) in [4.78, 5) is 6.06. The number of nitrogens with two attached hydrogens (primary N) is 1. The number of nitrogens with zero attached hydrogens (tertiary/aromatic N) is 2. The van der Waals surface area contributed by atoms with Gasteiger partial charge in [0.1, 0.15) is 6.10 Å². The monoisotopic (exact) mass is 335 g/mol. The molecule has 1 aromatic rings. The molecule has 1 unspecified atom stereocenters. The number of nitrogen functional groups attached to an aromatic ring is 1. The van der Waals surface area contributed by atoms with Crippen LogP contribution >= 0.6 is 0 Å². The third-order valence-electron chi connectivity index (χ3n) is 3.85. The minimum atomic E-state index is -0.382. The number of aliphatic hydroxyl groups is 3. The first kappa shape index (κ1) is 18.3. The zero-order valence-corrected chi connectivity index (χ0v) is 13.7. The molecule has 0 saturated carbocycles. The van der Waals surface area contributed by atoms with E-state index in [0.717, 1.165) is 16.8 Å². The van der Waals surface area contributed by atoms with Crippen LogP contribution in [0.15, 0.2) is 35.3 Å². The maximum Gasteiger partial charge on any atom is 0.188 e. The van der Waals surface area contributed by atoms with E-state index in [1.165, 1.54) is 0 Å². The van der Waals surface area contributed by atoms with Crippen LogP contribution < -0.4 is 10.6 Å². The lowest BCUT2D eigenvalue weighted by Gasteiger charge is -2.25. The van der Waals surface area contributed by atoms with Crippen LogP contribution in [0.1, 0.15) is 18.1 Å². The van der Waals surface area contributed by atoms with Crippen LogP contribution in [0.2, 0.25) is 0 Å². The van der Waals surface area contributed by atoms with Crippen molar-refractivity contribution < 1.29 is 20.1 Å². The van der Waals surface area contributed by atoms with Crippen molar-refractivity contribution in [3.63, 3.8) is 0 Å². The average molecular weight is 335 g/mol. The average Bonchev–Trinajstić information content (AvgIpc) is 2.94. The Morgan fingerprint density at radius 2 is 1.92 bits per heavy atom. The molecule has 1 heterocycles. The van der Waals surface area contributed by atoms with Gasteiger partial charge in [-0.1, -0.05) is 6.58 Å². The van der Waals surface area contributed by atoms with Gasteiger partial charge in [-0.2, -0.15) is 0 Å². The minimum Gasteiger partial charge on any atom is -0.468 e. The first-order chi connectivity index (χ1) is 11.6. The Kier molecular flexibility index (Phi) is 6.60. The van der Waals surface area contributed by atoms with Crippen LogP contribution in [0.3, 0.4) is 0 Å². The normalized spacial score (nSPS) is 18.9. The smallest absolute Gasteiger partial charge is 0.188 e. The third kappa shape index (κ3) is 4.25. The van der Waals surface area contributed by atoms with Gasteiger partial charge in [-0.15, -0.1) is 0 Å². The Labute approximate surface area is 141 Å². The highest BCUT2D eigenvalue weighted by molar-refractivity contribution is 5.83. The molecule has 0 radical (unpaired) electrons. The van der Waals surface area contributed by atoms with Crippen molar-refractivity contribution in [2.75, 3.05) is 50.1 Å². The lowest BCUT2D eigenvalue weighted by atomic mass is 10.00. The quantitative estimate of drug-likeness (QED) is 0.406. The fourth-order valence-electron chi connectivity index (χ4n) is 2.70. The number of anilines is 2. The third-order valence-corrected chi connectivity index (χ3v) is 3.85. The van der Waals surface area contributed by atoms with Crippen LogP contribution in [-0.2, 0) is 4.74 Å². The van der Waals surface area contributed by atoms with Crippen molar-refractivity contribution in [3.8, 4) is 0 Å². The summed E-state index contributed by atoms with van der Waals surface area (Å²) in [6.45, 7) is 5.12. The molecule has 7 nitrogen and oxygen atoms in total. The summed E-state index contributed by atoms with van der Waals surface area (Å²) in [6, 6.07) is 5.53. The number of ether oxygens (including phenoxy) is 1. The van der Waals surface area contributed by atoms with Gasteiger partial charge >= 0.3 is 0 Å². The summed E-state index contributed by atoms with van der Waals surface area (Å²) >= 11 is 0. The van der Waals surface area contributed by atoms with Gasteiger partial charge in [-0.05, 0) is 23.8 Å². The molecule has 1 saturated heterocycles. The molecule has 1 fully saturated rings. The first-order valence-electron chi connectivity index (χ1n) is 7.95. The van der Waals surface area contributed by atoms with E-state index in [1.807, 2.05) is 17.0 Å². The maximum atomic E-state index is 9.20. The van der Waals surface area contributed by atoms with Gasteiger partial charge in [0, 0.05) is 36.4 Å². The summed E-state index contributed by atoms with van der Waals surface area (Å²) in [7, 11) is 0. The van der Waals surface area contributed by atoms with Crippen LogP contribution in [0.25, 0.3) is 0 Å². The van der Waals surface area contributed by atoms with Crippen molar-refractivity contribution in [1.29, 1.82) is 0 Å². The lowest BCUT2D eigenvalue weighted by Crippen LogP contribution is -2.29. The van der Waals surface area contributed by atoms with Crippen molar-refractivity contribution in [1.82, 2.24) is 0 Å². The van der Waals surface area contributed by atoms with Crippen molar-refractivity contribution in [3.05, 3.63) is 35.9 Å². The molecule has 24 heavy (non-hydrogen) atoms. The Morgan fingerprint density at radius 3 is 2.54 bits per heavy atom. The SMILES string of the molecule is C=C1CC(=NCCO)OC1c1cc(N(CCO)CCO)ccc1N. The highest BCUT2D eigenvalue weighted by Gasteiger charge is 2.29. The minimum absolute atomic E-state index is 0.00961. The molecule has 132 valence electrons. The van der Waals surface area contributed by atoms with Gasteiger partial charge in [0.05, 0.1) is 26.4 Å². The summed E-state index contributed by atoms with van der Waals surface area (Å²) in [5.74, 6) is 0.548. The van der Waals surface area contributed by atoms with Crippen LogP contribution in [0.5, 0.6) is 0 Å². The first-order valence-corrected chi connectivity index (χ1v) is 7.95. The van der Waals surface area contributed by atoms with Crippen molar-refractivity contribution in [2.24, 2.45) is 4.99 Å². The Balaban J connectivity index is 2.26. The second-order valence-electron chi connectivity index (χ2n) is 5.58. The highest BCUT2D eigenvalue weighted by atomic mass is 16.5. The molecule has 1 atom stereocenters. The van der Waals surface area contributed by atoms with Gasteiger partial charge < -0.3 is 30.7 Å². The predicted molar refractivity (Wildman–Crippen MR) is 94.2 cm³/mol. The molecule has 7 heteroatoms. The van der Waals surface area contributed by atoms with E-state index < -0.39 is 0 Å². The molecule has 1 aliphatic rings. The van der Waals surface area contributed by atoms with Crippen LogP contribution in [0.4, 0.5) is 11.4 Å². The fourth-order valence-corrected chi connectivity index (χ4v) is 2.70. The molecular formula is C17H25N3O4. The summed E-state index contributed by atoms with van der Waals surface area (Å²) in [6.07, 6.45) is 0.137. The topological polar surface area (TPSA) is 112 Å². The van der Waals surface area contributed by atoms with E-state index in [0.29, 0.717) is 37.6 Å². The van der Waals surface area contributed by atoms with E-state index in [4.69, 9.17) is 15.6 Å². The Morgan fingerprint density at radius 1 is 1.21 bits per heavy atom. The molecule has 0 amide bonds. The van der Waals surface area contributed by atoms with Gasteiger partial charge in [0.25, 0.3) is 0 Å². The molecular weight excluding hydrogens is 310 g/mol. The van der Waals surface area contributed by atoms with E-state index in [9.17, 15) is 10.2 Å². The van der Waals surface area contributed by atoms with Crippen molar-refractivity contribution in [2.45, 2.75) is 12.5 Å². The summed E-state index contributed by atoms with van der Waals surface area (Å²) < 4.78 is 5.84. The highest BCUT2D eigenvalue weighted by Crippen LogP contribution is 2.38. The van der Waals surface area contributed by atoms with E-state index in [2.05, 4.69) is 11.6 Å². The van der Waals surface area contributed by atoms with Gasteiger partial charge in [0.15, 0.2) is 5.90 Å². The molecule has 0 spiro atoms. The second-order valence-corrected chi connectivity index (χ2v) is 5.58. The molecule has 0 aliphatic carbocycles. The zero-order valence-electron chi connectivity index (χ0n) is 13.7. The van der Waals surface area contributed by atoms with Crippen LogP contribution in [0, 0.1) is 0 Å². The largest absolute Gasteiger partial charge is 0.468 e. The molecule has 0 aromatic heterocycles. The standard InChI is InChI=1S/C17H25N3O4/c1-12-10-16(19-4-7-21)24-17(12)14-11-13(2-3-15(14)18)20(5-8-22)6-9-23/h2-3,11,17,21-23H,1,4-10,18H2. The maximum absolute atomic E-state index is 9.20. The summed E-state index contributed by atoms with van der Waals surface area (Å²) in [5.41, 5.74) is 9.18. The number of rotatable bonds is 8. The van der Waals surface area contributed by atoms with Gasteiger partial charge in [0.2, 0.25) is 0 Å². The van der Waals surface area contributed by atoms with Gasteiger partial charge in [-0.25, -0.2) is 0 Å². The Hall–Kier alpha value is -2.09. The van der Waals surface area contributed by atoms with E-state index >= 15 is 0 Å². The lowest BCUT2D eigenvalue weighted by molar-refractivity contribution is 0.252. The number of hydrogen-bond donors (Lipinski definition) is 4.